The third-order valence-corrected chi connectivity index (χ3v) is 4.67. The van der Waals surface area contributed by atoms with Crippen LogP contribution in [0, 0.1) is 0 Å². The van der Waals surface area contributed by atoms with Crippen molar-refractivity contribution in [1.29, 1.82) is 0 Å². The Bertz CT molecular complexity index is 447. The smallest absolute Gasteiger partial charge is 0.323 e. The minimum Gasteiger partial charge on any atom is -0.463 e. The molecule has 0 spiro atoms. The van der Waals surface area contributed by atoms with E-state index in [4.69, 9.17) is 10.6 Å². The van der Waals surface area contributed by atoms with Crippen molar-refractivity contribution in [3.63, 3.8) is 0 Å². The Labute approximate surface area is 129 Å². The molecule has 1 fully saturated rings. The first-order valence-electron chi connectivity index (χ1n) is 7.41. The van der Waals surface area contributed by atoms with Gasteiger partial charge in [0.15, 0.2) is 0 Å². The SMILES string of the molecule is CCCOc1nc(NN)nc(NC2CCCCC2SC)n1. The summed E-state index contributed by atoms with van der Waals surface area (Å²) in [7, 11) is 0. The lowest BCUT2D eigenvalue weighted by atomic mass is 9.95. The molecule has 8 heteroatoms. The molecular formula is C13H24N6OS. The number of anilines is 2. The normalized spacial score (nSPS) is 21.9. The van der Waals surface area contributed by atoms with Crippen LogP contribution in [0.3, 0.4) is 0 Å². The molecule has 21 heavy (non-hydrogen) atoms. The number of rotatable bonds is 7. The second-order valence-corrected chi connectivity index (χ2v) is 6.14. The van der Waals surface area contributed by atoms with E-state index < -0.39 is 0 Å². The lowest BCUT2D eigenvalue weighted by Crippen LogP contribution is -2.35. The van der Waals surface area contributed by atoms with Gasteiger partial charge >= 0.3 is 6.01 Å². The summed E-state index contributed by atoms with van der Waals surface area (Å²) in [6.07, 6.45) is 7.94. The van der Waals surface area contributed by atoms with Crippen molar-refractivity contribution in [2.24, 2.45) is 5.84 Å². The van der Waals surface area contributed by atoms with Crippen LogP contribution < -0.4 is 21.3 Å². The van der Waals surface area contributed by atoms with Gasteiger partial charge in [-0.15, -0.1) is 0 Å². The van der Waals surface area contributed by atoms with E-state index in [1.165, 1.54) is 19.3 Å². The number of thioether (sulfide) groups is 1. The fourth-order valence-corrected chi connectivity index (χ4v) is 3.39. The molecule has 0 amide bonds. The first-order valence-corrected chi connectivity index (χ1v) is 8.70. The second kappa shape index (κ2) is 8.23. The van der Waals surface area contributed by atoms with Gasteiger partial charge in [0.1, 0.15) is 0 Å². The van der Waals surface area contributed by atoms with Crippen LogP contribution >= 0.6 is 11.8 Å². The summed E-state index contributed by atoms with van der Waals surface area (Å²) in [6, 6.07) is 0.680. The quantitative estimate of drug-likeness (QED) is 0.520. The van der Waals surface area contributed by atoms with Gasteiger partial charge in [-0.3, -0.25) is 5.43 Å². The van der Waals surface area contributed by atoms with Crippen LogP contribution in [0.5, 0.6) is 6.01 Å². The van der Waals surface area contributed by atoms with E-state index in [2.05, 4.69) is 32.0 Å². The molecule has 4 N–H and O–H groups in total. The molecule has 0 aromatic carbocycles. The Balaban J connectivity index is 2.10. The summed E-state index contributed by atoms with van der Waals surface area (Å²) in [6.45, 7) is 2.61. The molecule has 2 rings (SSSR count). The van der Waals surface area contributed by atoms with Crippen molar-refractivity contribution in [1.82, 2.24) is 15.0 Å². The Hall–Kier alpha value is -1.28. The first-order chi connectivity index (χ1) is 10.3. The van der Waals surface area contributed by atoms with Gasteiger partial charge in [0.25, 0.3) is 0 Å². The predicted molar refractivity (Wildman–Crippen MR) is 86.6 cm³/mol. The molecule has 118 valence electrons. The number of nitrogens with one attached hydrogen (secondary N) is 2. The van der Waals surface area contributed by atoms with Crippen molar-refractivity contribution in [2.45, 2.75) is 50.3 Å². The highest BCUT2D eigenvalue weighted by Gasteiger charge is 2.25. The van der Waals surface area contributed by atoms with Crippen molar-refractivity contribution < 1.29 is 4.74 Å². The molecule has 0 aliphatic heterocycles. The summed E-state index contributed by atoms with van der Waals surface area (Å²) in [5, 5.41) is 4.00. The highest BCUT2D eigenvalue weighted by Crippen LogP contribution is 2.29. The van der Waals surface area contributed by atoms with Gasteiger partial charge in [-0.05, 0) is 25.5 Å². The monoisotopic (exact) mass is 312 g/mol. The minimum absolute atomic E-state index is 0.304. The average molecular weight is 312 g/mol. The lowest BCUT2D eigenvalue weighted by molar-refractivity contribution is 0.292. The number of hydrazine groups is 1. The van der Waals surface area contributed by atoms with Gasteiger partial charge in [-0.25, -0.2) is 5.84 Å². The van der Waals surface area contributed by atoms with E-state index in [9.17, 15) is 0 Å². The number of hydrogen-bond donors (Lipinski definition) is 3. The summed E-state index contributed by atoms with van der Waals surface area (Å²) < 4.78 is 5.48. The fourth-order valence-electron chi connectivity index (χ4n) is 2.45. The standard InChI is InChI=1S/C13H24N6OS/c1-3-8-20-13-17-11(16-12(18-13)19-14)15-9-6-4-5-7-10(9)21-2/h9-10H,3-8,14H2,1-2H3,(H2,15,16,17,18,19). The van der Waals surface area contributed by atoms with Crippen molar-refractivity contribution in [3.8, 4) is 6.01 Å². The van der Waals surface area contributed by atoms with E-state index in [0.29, 0.717) is 35.8 Å². The van der Waals surface area contributed by atoms with Gasteiger partial charge in [-0.1, -0.05) is 19.8 Å². The first kappa shape index (κ1) is 16.1. The van der Waals surface area contributed by atoms with Gasteiger partial charge in [0, 0.05) is 11.3 Å². The Morgan fingerprint density at radius 3 is 2.71 bits per heavy atom. The number of hydrogen-bond acceptors (Lipinski definition) is 8. The summed E-state index contributed by atoms with van der Waals surface area (Å²) in [4.78, 5) is 12.7. The molecule has 2 unspecified atom stereocenters. The van der Waals surface area contributed by atoms with E-state index >= 15 is 0 Å². The molecule has 1 heterocycles. The van der Waals surface area contributed by atoms with Gasteiger partial charge < -0.3 is 10.1 Å². The van der Waals surface area contributed by atoms with Crippen LogP contribution in [0.25, 0.3) is 0 Å². The molecule has 0 radical (unpaired) electrons. The molecule has 0 saturated heterocycles. The summed E-state index contributed by atoms with van der Waals surface area (Å²) in [5.74, 6) is 6.25. The number of nitrogens with two attached hydrogens (primary N) is 1. The topological polar surface area (TPSA) is 98.0 Å². The second-order valence-electron chi connectivity index (χ2n) is 5.07. The number of nitrogen functional groups attached to an aromatic ring is 1. The summed E-state index contributed by atoms with van der Waals surface area (Å²) in [5.41, 5.74) is 2.46. The van der Waals surface area contributed by atoms with Crippen LogP contribution in [0.2, 0.25) is 0 Å². The lowest BCUT2D eigenvalue weighted by Gasteiger charge is -2.30. The van der Waals surface area contributed by atoms with Crippen LogP contribution in [0.15, 0.2) is 0 Å². The van der Waals surface area contributed by atoms with Crippen molar-refractivity contribution >= 4 is 23.7 Å². The molecule has 2 atom stereocenters. The molecule has 0 bridgehead atoms. The third-order valence-electron chi connectivity index (χ3n) is 3.50. The third kappa shape index (κ3) is 4.60. The molecule has 1 aromatic rings. The maximum Gasteiger partial charge on any atom is 0.323 e. The van der Waals surface area contributed by atoms with Crippen LogP contribution in [0.1, 0.15) is 39.0 Å². The Morgan fingerprint density at radius 2 is 2.00 bits per heavy atom. The van der Waals surface area contributed by atoms with E-state index in [0.717, 1.165) is 12.8 Å². The van der Waals surface area contributed by atoms with Crippen molar-refractivity contribution in [2.75, 3.05) is 23.6 Å². The fraction of sp³-hybridized carbons (Fsp3) is 0.769. The van der Waals surface area contributed by atoms with Gasteiger partial charge in [0.05, 0.1) is 6.61 Å². The van der Waals surface area contributed by atoms with Crippen LogP contribution in [-0.2, 0) is 0 Å². The zero-order valence-corrected chi connectivity index (χ0v) is 13.4. The maximum absolute atomic E-state index is 5.48. The summed E-state index contributed by atoms with van der Waals surface area (Å²) >= 11 is 1.90. The van der Waals surface area contributed by atoms with E-state index in [1.54, 1.807) is 0 Å². The number of nitrogens with zero attached hydrogens (tertiary/aromatic N) is 3. The van der Waals surface area contributed by atoms with Crippen molar-refractivity contribution in [3.05, 3.63) is 0 Å². The number of ether oxygens (including phenoxy) is 1. The van der Waals surface area contributed by atoms with E-state index in [1.807, 2.05) is 18.7 Å². The highest BCUT2D eigenvalue weighted by molar-refractivity contribution is 7.99. The number of aromatic nitrogens is 3. The molecule has 1 saturated carbocycles. The largest absolute Gasteiger partial charge is 0.463 e. The zero-order chi connectivity index (χ0) is 15.1. The molecule has 7 nitrogen and oxygen atoms in total. The zero-order valence-electron chi connectivity index (χ0n) is 12.6. The highest BCUT2D eigenvalue weighted by atomic mass is 32.2. The van der Waals surface area contributed by atoms with Crippen LogP contribution in [-0.4, -0.2) is 39.1 Å². The molecule has 1 aromatic heterocycles. The van der Waals surface area contributed by atoms with Crippen LogP contribution in [0.4, 0.5) is 11.9 Å². The predicted octanol–water partition coefficient (Wildman–Crippen LogP) is 2.03. The molecule has 1 aliphatic carbocycles. The minimum atomic E-state index is 0.304. The Kier molecular flexibility index (Phi) is 6.31. The molecule has 1 aliphatic rings. The van der Waals surface area contributed by atoms with Gasteiger partial charge in [-0.2, -0.15) is 26.7 Å². The molecular weight excluding hydrogens is 288 g/mol. The average Bonchev–Trinajstić information content (AvgIpc) is 2.53. The van der Waals surface area contributed by atoms with E-state index in [-0.39, 0.29) is 0 Å². The maximum atomic E-state index is 5.48. The Morgan fingerprint density at radius 1 is 1.24 bits per heavy atom. The van der Waals surface area contributed by atoms with Gasteiger partial charge in [0.2, 0.25) is 11.9 Å².